The number of halogens is 1. The van der Waals surface area contributed by atoms with Crippen molar-refractivity contribution in [1.82, 2.24) is 19.9 Å². The number of hydrogen-bond acceptors (Lipinski definition) is 5. The molecular weight excluding hydrogens is 338 g/mol. The molecule has 7 heteroatoms. The molecule has 6 nitrogen and oxygen atoms in total. The molecule has 0 aromatic carbocycles. The Balaban J connectivity index is 0.00000182. The van der Waals surface area contributed by atoms with E-state index in [1.54, 1.807) is 0 Å². The van der Waals surface area contributed by atoms with E-state index in [2.05, 4.69) is 34.7 Å². The lowest BCUT2D eigenvalue weighted by atomic mass is 9.94. The smallest absolute Gasteiger partial charge is 0.157 e. The summed E-state index contributed by atoms with van der Waals surface area (Å²) in [6.45, 7) is 9.91. The highest BCUT2D eigenvalue weighted by Crippen LogP contribution is 2.32. The molecule has 1 N–H and O–H groups in total. The largest absolute Gasteiger partial charge is 0.378 e. The molecule has 4 heterocycles. The van der Waals surface area contributed by atoms with Gasteiger partial charge in [0.25, 0.3) is 0 Å². The highest BCUT2D eigenvalue weighted by molar-refractivity contribution is 5.87. The van der Waals surface area contributed by atoms with Crippen LogP contribution in [0.2, 0.25) is 0 Å². The molecule has 138 valence electrons. The topological polar surface area (TPSA) is 55.2 Å². The minimum atomic E-state index is 0. The van der Waals surface area contributed by atoms with Gasteiger partial charge in [-0.25, -0.2) is 9.97 Å². The fraction of sp³-hybridized carbons (Fsp3) is 0.667. The molecule has 2 aromatic heterocycles. The Kier molecular flexibility index (Phi) is 5.81. The van der Waals surface area contributed by atoms with Crippen molar-refractivity contribution in [3.63, 3.8) is 0 Å². The average molecular weight is 366 g/mol. The van der Waals surface area contributed by atoms with Crippen LogP contribution in [0.15, 0.2) is 12.4 Å². The van der Waals surface area contributed by atoms with Gasteiger partial charge in [-0.15, -0.1) is 12.4 Å². The number of morpholine rings is 1. The Bertz CT molecular complexity index is 705. The van der Waals surface area contributed by atoms with Gasteiger partial charge in [0, 0.05) is 30.7 Å². The first-order valence-corrected chi connectivity index (χ1v) is 9.15. The van der Waals surface area contributed by atoms with Crippen LogP contribution in [-0.2, 0) is 4.74 Å². The fourth-order valence-corrected chi connectivity index (χ4v) is 3.77. The molecule has 0 aliphatic carbocycles. The predicted octanol–water partition coefficient (Wildman–Crippen LogP) is 2.74. The van der Waals surface area contributed by atoms with E-state index < -0.39 is 0 Å². The van der Waals surface area contributed by atoms with Crippen LogP contribution >= 0.6 is 12.4 Å². The van der Waals surface area contributed by atoms with Gasteiger partial charge >= 0.3 is 0 Å². The molecule has 2 fully saturated rings. The fourth-order valence-electron chi connectivity index (χ4n) is 3.77. The van der Waals surface area contributed by atoms with Gasteiger partial charge in [0.05, 0.1) is 25.1 Å². The van der Waals surface area contributed by atoms with Crippen molar-refractivity contribution in [1.29, 1.82) is 0 Å². The molecular formula is C18H28ClN5O. The highest BCUT2D eigenvalue weighted by atomic mass is 35.5. The first kappa shape index (κ1) is 18.4. The van der Waals surface area contributed by atoms with Crippen molar-refractivity contribution >= 4 is 29.3 Å². The molecule has 0 bridgehead atoms. The van der Waals surface area contributed by atoms with Crippen molar-refractivity contribution in [3.05, 3.63) is 18.1 Å². The highest BCUT2D eigenvalue weighted by Gasteiger charge is 2.23. The van der Waals surface area contributed by atoms with Crippen LogP contribution in [-0.4, -0.2) is 53.9 Å². The van der Waals surface area contributed by atoms with E-state index in [9.17, 15) is 0 Å². The third kappa shape index (κ3) is 3.61. The monoisotopic (exact) mass is 365 g/mol. The maximum Gasteiger partial charge on any atom is 0.157 e. The van der Waals surface area contributed by atoms with Crippen molar-refractivity contribution in [2.24, 2.45) is 0 Å². The van der Waals surface area contributed by atoms with E-state index in [-0.39, 0.29) is 12.4 Å². The van der Waals surface area contributed by atoms with E-state index in [1.165, 1.54) is 11.2 Å². The summed E-state index contributed by atoms with van der Waals surface area (Å²) in [6, 6.07) is 2.68. The molecule has 0 spiro atoms. The first-order valence-electron chi connectivity index (χ1n) is 9.15. The molecule has 2 aliphatic heterocycles. The van der Waals surface area contributed by atoms with Crippen molar-refractivity contribution in [3.8, 4) is 0 Å². The number of hydrogen-bond donors (Lipinski definition) is 1. The Morgan fingerprint density at radius 1 is 1.20 bits per heavy atom. The Labute approximate surface area is 155 Å². The van der Waals surface area contributed by atoms with Gasteiger partial charge in [-0.3, -0.25) is 0 Å². The zero-order valence-electron chi connectivity index (χ0n) is 15.1. The quantitative estimate of drug-likeness (QED) is 0.906. The summed E-state index contributed by atoms with van der Waals surface area (Å²) in [4.78, 5) is 12.1. The summed E-state index contributed by atoms with van der Waals surface area (Å²) in [5.41, 5.74) is 3.48. The van der Waals surface area contributed by atoms with E-state index in [0.29, 0.717) is 12.0 Å². The molecule has 2 saturated heterocycles. The van der Waals surface area contributed by atoms with Gasteiger partial charge in [-0.2, -0.15) is 0 Å². The number of aromatic nitrogens is 3. The Hall–Kier alpha value is -1.37. The van der Waals surface area contributed by atoms with Crippen molar-refractivity contribution < 1.29 is 4.74 Å². The second-order valence-electron chi connectivity index (χ2n) is 7.11. The Morgan fingerprint density at radius 3 is 2.60 bits per heavy atom. The summed E-state index contributed by atoms with van der Waals surface area (Å²) in [5.74, 6) is 1.59. The standard InChI is InChI=1S/C18H27N5O.ClH/c1-13(2)23-12-20-17-16(23)11-15(14-3-5-19-6-4-14)21-18(17)22-7-9-24-10-8-22;/h11-14,19H,3-10H2,1-2H3;1H. The second kappa shape index (κ2) is 7.89. The van der Waals surface area contributed by atoms with Crippen LogP contribution < -0.4 is 10.2 Å². The van der Waals surface area contributed by atoms with Crippen molar-refractivity contribution in [2.75, 3.05) is 44.3 Å². The molecule has 0 unspecified atom stereocenters. The zero-order chi connectivity index (χ0) is 16.5. The van der Waals surface area contributed by atoms with Gasteiger partial charge < -0.3 is 19.5 Å². The molecule has 0 amide bonds. The van der Waals surface area contributed by atoms with Crippen LogP contribution in [0, 0.1) is 0 Å². The number of imidazole rings is 1. The number of rotatable bonds is 3. The third-order valence-corrected chi connectivity index (χ3v) is 5.19. The summed E-state index contributed by atoms with van der Waals surface area (Å²) in [7, 11) is 0. The van der Waals surface area contributed by atoms with Crippen LogP contribution in [0.5, 0.6) is 0 Å². The number of fused-ring (bicyclic) bond motifs is 1. The zero-order valence-corrected chi connectivity index (χ0v) is 15.9. The van der Waals surface area contributed by atoms with Crippen LogP contribution in [0.1, 0.15) is 44.3 Å². The van der Waals surface area contributed by atoms with Crippen LogP contribution in [0.4, 0.5) is 5.82 Å². The molecule has 25 heavy (non-hydrogen) atoms. The second-order valence-corrected chi connectivity index (χ2v) is 7.11. The molecule has 2 aromatic rings. The third-order valence-electron chi connectivity index (χ3n) is 5.19. The van der Waals surface area contributed by atoms with Crippen LogP contribution in [0.25, 0.3) is 11.0 Å². The van der Waals surface area contributed by atoms with E-state index >= 15 is 0 Å². The first-order chi connectivity index (χ1) is 11.7. The predicted molar refractivity (Wildman–Crippen MR) is 103 cm³/mol. The normalized spacial score (nSPS) is 19.4. The van der Waals surface area contributed by atoms with E-state index in [1.807, 2.05) is 6.33 Å². The van der Waals surface area contributed by atoms with Crippen molar-refractivity contribution in [2.45, 2.75) is 38.6 Å². The Morgan fingerprint density at radius 2 is 1.92 bits per heavy atom. The molecule has 0 radical (unpaired) electrons. The number of anilines is 1. The lowest BCUT2D eigenvalue weighted by Gasteiger charge is -2.29. The average Bonchev–Trinajstić information content (AvgIpc) is 3.06. The van der Waals surface area contributed by atoms with Gasteiger partial charge in [0.1, 0.15) is 5.52 Å². The van der Waals surface area contributed by atoms with Gasteiger partial charge in [0.2, 0.25) is 0 Å². The van der Waals surface area contributed by atoms with E-state index in [4.69, 9.17) is 14.7 Å². The summed E-state index contributed by atoms with van der Waals surface area (Å²) >= 11 is 0. The van der Waals surface area contributed by atoms with Crippen LogP contribution in [0.3, 0.4) is 0 Å². The minimum Gasteiger partial charge on any atom is -0.378 e. The maximum absolute atomic E-state index is 5.52. The summed E-state index contributed by atoms with van der Waals surface area (Å²) in [5, 5.41) is 3.45. The molecule has 2 aliphatic rings. The van der Waals surface area contributed by atoms with Gasteiger partial charge in [0.15, 0.2) is 5.82 Å². The number of nitrogens with one attached hydrogen (secondary N) is 1. The number of nitrogens with zero attached hydrogens (tertiary/aromatic N) is 4. The van der Waals surface area contributed by atoms with E-state index in [0.717, 1.165) is 63.6 Å². The lowest BCUT2D eigenvalue weighted by molar-refractivity contribution is 0.122. The molecule has 0 atom stereocenters. The van der Waals surface area contributed by atoms with Gasteiger partial charge in [-0.1, -0.05) is 0 Å². The number of piperidine rings is 1. The maximum atomic E-state index is 5.52. The SMILES string of the molecule is CC(C)n1cnc2c(N3CCOCC3)nc(C3CCNCC3)cc21.Cl. The summed E-state index contributed by atoms with van der Waals surface area (Å²) < 4.78 is 7.79. The molecule has 0 saturated carbocycles. The number of pyridine rings is 1. The minimum absolute atomic E-state index is 0. The lowest BCUT2D eigenvalue weighted by Crippen LogP contribution is -2.37. The number of ether oxygens (including phenoxy) is 1. The van der Waals surface area contributed by atoms with Gasteiger partial charge in [-0.05, 0) is 45.8 Å². The molecule has 4 rings (SSSR count). The summed E-state index contributed by atoms with van der Waals surface area (Å²) in [6.07, 6.45) is 4.29.